The smallest absolute Gasteiger partial charge is 0.271 e. The molecular weight excluding hydrogens is 235 g/mol. The van der Waals surface area contributed by atoms with Crippen LogP contribution in [-0.2, 0) is 0 Å². The van der Waals surface area contributed by atoms with Gasteiger partial charge in [0, 0.05) is 5.56 Å². The Morgan fingerprint density at radius 1 is 1.33 bits per heavy atom. The number of hydrogen-bond donors (Lipinski definition) is 1. The number of nitrogens with one attached hydrogen (secondary N) is 1. The monoisotopic (exact) mass is 246 g/mol. The summed E-state index contributed by atoms with van der Waals surface area (Å²) in [6, 6.07) is 8.85. The van der Waals surface area contributed by atoms with Crippen molar-refractivity contribution in [3.8, 4) is 0 Å². The van der Waals surface area contributed by atoms with Crippen molar-refractivity contribution in [3.63, 3.8) is 0 Å². The van der Waals surface area contributed by atoms with E-state index in [4.69, 9.17) is 4.42 Å². The Hall–Kier alpha value is -2.43. The summed E-state index contributed by atoms with van der Waals surface area (Å²) in [5, 5.41) is 3.87. The van der Waals surface area contributed by atoms with E-state index in [1.165, 1.54) is 24.5 Å². The Morgan fingerprint density at radius 3 is 2.83 bits per heavy atom. The first-order valence-corrected chi connectivity index (χ1v) is 5.31. The lowest BCUT2D eigenvalue weighted by Crippen LogP contribution is -2.19. The molecule has 0 unspecified atom stereocenters. The van der Waals surface area contributed by atoms with Gasteiger partial charge in [0.1, 0.15) is 17.3 Å². The molecule has 0 saturated heterocycles. The maximum absolute atomic E-state index is 12.9. The number of rotatable bonds is 3. The van der Waals surface area contributed by atoms with Crippen molar-refractivity contribution in [3.05, 3.63) is 59.8 Å². The minimum atomic E-state index is -0.472. The molecule has 1 aromatic heterocycles. The molecule has 2 rings (SSSR count). The van der Waals surface area contributed by atoms with E-state index in [9.17, 15) is 9.18 Å². The van der Waals surface area contributed by atoms with Crippen molar-refractivity contribution in [2.75, 3.05) is 0 Å². The lowest BCUT2D eigenvalue weighted by Gasteiger charge is -2.01. The molecule has 18 heavy (non-hydrogen) atoms. The second-order valence-corrected chi connectivity index (χ2v) is 3.63. The topological polar surface area (TPSA) is 54.6 Å². The number of nitrogens with zero attached hydrogens (tertiary/aromatic N) is 1. The molecule has 4 nitrogen and oxygen atoms in total. The molecular formula is C13H11FN2O2. The van der Waals surface area contributed by atoms with E-state index in [0.717, 1.165) is 6.07 Å². The van der Waals surface area contributed by atoms with Gasteiger partial charge in [0.05, 0.1) is 6.26 Å². The number of furan rings is 1. The van der Waals surface area contributed by atoms with Crippen LogP contribution in [0.4, 0.5) is 4.39 Å². The fourth-order valence-electron chi connectivity index (χ4n) is 1.37. The van der Waals surface area contributed by atoms with Gasteiger partial charge in [-0.05, 0) is 37.3 Å². The predicted molar refractivity (Wildman–Crippen MR) is 64.8 cm³/mol. The predicted octanol–water partition coefficient (Wildman–Crippen LogP) is 2.57. The summed E-state index contributed by atoms with van der Waals surface area (Å²) < 4.78 is 18.0. The zero-order valence-corrected chi connectivity index (χ0v) is 9.68. The second-order valence-electron chi connectivity index (χ2n) is 3.63. The number of halogens is 1. The summed E-state index contributed by atoms with van der Waals surface area (Å²) in [7, 11) is 0. The zero-order valence-electron chi connectivity index (χ0n) is 9.68. The molecule has 0 fully saturated rings. The number of carbonyl (C=O) groups is 1. The van der Waals surface area contributed by atoms with E-state index in [0.29, 0.717) is 11.5 Å². The molecule has 0 radical (unpaired) electrons. The average molecular weight is 246 g/mol. The molecule has 0 aliphatic heterocycles. The molecule has 1 amide bonds. The first-order chi connectivity index (χ1) is 8.66. The summed E-state index contributed by atoms with van der Waals surface area (Å²) >= 11 is 0. The molecule has 0 aliphatic carbocycles. The Bertz CT molecular complexity index is 576. The van der Waals surface area contributed by atoms with Gasteiger partial charge in [-0.15, -0.1) is 0 Å². The number of amides is 1. The number of hydrazone groups is 1. The van der Waals surface area contributed by atoms with Gasteiger partial charge >= 0.3 is 0 Å². The fourth-order valence-corrected chi connectivity index (χ4v) is 1.37. The molecule has 1 aromatic carbocycles. The summed E-state index contributed by atoms with van der Waals surface area (Å²) in [4.78, 5) is 11.7. The van der Waals surface area contributed by atoms with Crippen molar-refractivity contribution in [1.29, 1.82) is 0 Å². The quantitative estimate of drug-likeness (QED) is 0.668. The first-order valence-electron chi connectivity index (χ1n) is 5.31. The summed E-state index contributed by atoms with van der Waals surface area (Å²) in [5.74, 6) is -0.371. The van der Waals surface area contributed by atoms with Crippen LogP contribution in [0.5, 0.6) is 0 Å². The SMILES string of the molecule is CC(=NNC(=O)c1cccc(F)c1)c1ccco1. The number of benzene rings is 1. The van der Waals surface area contributed by atoms with E-state index in [1.54, 1.807) is 19.1 Å². The van der Waals surface area contributed by atoms with E-state index in [-0.39, 0.29) is 5.56 Å². The maximum atomic E-state index is 12.9. The second kappa shape index (κ2) is 5.27. The lowest BCUT2D eigenvalue weighted by atomic mass is 10.2. The first kappa shape index (κ1) is 12.0. The third-order valence-electron chi connectivity index (χ3n) is 2.29. The van der Waals surface area contributed by atoms with Crippen LogP contribution >= 0.6 is 0 Å². The van der Waals surface area contributed by atoms with Crippen molar-refractivity contribution in [2.45, 2.75) is 6.92 Å². The molecule has 0 spiro atoms. The van der Waals surface area contributed by atoms with Crippen LogP contribution in [-0.4, -0.2) is 11.6 Å². The third kappa shape index (κ3) is 2.82. The van der Waals surface area contributed by atoms with E-state index in [1.807, 2.05) is 0 Å². The maximum Gasteiger partial charge on any atom is 0.271 e. The molecule has 2 aromatic rings. The number of carbonyl (C=O) groups excluding carboxylic acids is 1. The minimum Gasteiger partial charge on any atom is -0.463 e. The third-order valence-corrected chi connectivity index (χ3v) is 2.29. The van der Waals surface area contributed by atoms with Crippen LogP contribution in [0.2, 0.25) is 0 Å². The highest BCUT2D eigenvalue weighted by molar-refractivity contribution is 5.99. The average Bonchev–Trinajstić information content (AvgIpc) is 2.89. The van der Waals surface area contributed by atoms with Crippen molar-refractivity contribution < 1.29 is 13.6 Å². The molecule has 0 atom stereocenters. The highest BCUT2D eigenvalue weighted by Crippen LogP contribution is 2.04. The van der Waals surface area contributed by atoms with Gasteiger partial charge in [0.25, 0.3) is 5.91 Å². The highest BCUT2D eigenvalue weighted by atomic mass is 19.1. The van der Waals surface area contributed by atoms with Crippen LogP contribution in [0, 0.1) is 5.82 Å². The lowest BCUT2D eigenvalue weighted by molar-refractivity contribution is 0.0954. The number of hydrogen-bond acceptors (Lipinski definition) is 3. The molecule has 1 heterocycles. The molecule has 0 aliphatic rings. The van der Waals surface area contributed by atoms with Crippen LogP contribution in [0.15, 0.2) is 52.2 Å². The van der Waals surface area contributed by atoms with E-state index < -0.39 is 11.7 Å². The van der Waals surface area contributed by atoms with E-state index in [2.05, 4.69) is 10.5 Å². The molecule has 5 heteroatoms. The molecule has 0 bridgehead atoms. The van der Waals surface area contributed by atoms with Gasteiger partial charge in [0.2, 0.25) is 0 Å². The van der Waals surface area contributed by atoms with Gasteiger partial charge < -0.3 is 4.42 Å². The zero-order chi connectivity index (χ0) is 13.0. The van der Waals surface area contributed by atoms with Crippen molar-refractivity contribution in [2.24, 2.45) is 5.10 Å². The molecule has 0 saturated carbocycles. The van der Waals surface area contributed by atoms with Gasteiger partial charge in [-0.2, -0.15) is 5.10 Å². The molecule has 1 N–H and O–H groups in total. The minimum absolute atomic E-state index is 0.214. The van der Waals surface area contributed by atoms with Crippen LogP contribution in [0.1, 0.15) is 23.0 Å². The summed E-state index contributed by atoms with van der Waals surface area (Å²) in [6.07, 6.45) is 1.52. The summed E-state index contributed by atoms with van der Waals surface area (Å²) in [6.45, 7) is 1.70. The highest BCUT2D eigenvalue weighted by Gasteiger charge is 2.06. The Balaban J connectivity index is 2.07. The van der Waals surface area contributed by atoms with Gasteiger partial charge in [-0.25, -0.2) is 9.82 Å². The van der Waals surface area contributed by atoms with E-state index >= 15 is 0 Å². The Kier molecular flexibility index (Phi) is 3.52. The van der Waals surface area contributed by atoms with Crippen LogP contribution in [0.25, 0.3) is 0 Å². The molecule has 92 valence electrons. The van der Waals surface area contributed by atoms with Gasteiger partial charge in [-0.1, -0.05) is 6.07 Å². The van der Waals surface area contributed by atoms with Crippen molar-refractivity contribution in [1.82, 2.24) is 5.43 Å². The standard InChI is InChI=1S/C13H11FN2O2/c1-9(12-6-3-7-18-12)15-16-13(17)10-4-2-5-11(14)8-10/h2-8H,1H3,(H,16,17). The van der Waals surface area contributed by atoms with Gasteiger partial charge in [0.15, 0.2) is 0 Å². The van der Waals surface area contributed by atoms with Crippen LogP contribution < -0.4 is 5.43 Å². The normalized spacial score (nSPS) is 11.3. The Morgan fingerprint density at radius 2 is 2.17 bits per heavy atom. The largest absolute Gasteiger partial charge is 0.463 e. The Labute approximate surface area is 103 Å². The van der Waals surface area contributed by atoms with Gasteiger partial charge in [-0.3, -0.25) is 4.79 Å². The van der Waals surface area contributed by atoms with Crippen LogP contribution in [0.3, 0.4) is 0 Å². The summed E-state index contributed by atoms with van der Waals surface area (Å²) in [5.41, 5.74) is 3.08. The fraction of sp³-hybridized carbons (Fsp3) is 0.0769. The van der Waals surface area contributed by atoms with Crippen molar-refractivity contribution >= 4 is 11.6 Å².